The molecule has 128 valence electrons. The number of carbonyl (C=O) groups is 1. The van der Waals surface area contributed by atoms with Crippen molar-refractivity contribution in [1.82, 2.24) is 6.15 Å². The number of hydrogen-bond acceptors (Lipinski definition) is 2. The van der Waals surface area contributed by atoms with E-state index in [4.69, 9.17) is 0 Å². The molecule has 3 heteroatoms. The second kappa shape index (κ2) is 17.5. The summed E-state index contributed by atoms with van der Waals surface area (Å²) in [4.78, 5) is 11.1. The van der Waals surface area contributed by atoms with Gasteiger partial charge in [0, 0.05) is 5.97 Å². The van der Waals surface area contributed by atoms with Gasteiger partial charge in [-0.1, -0.05) is 90.9 Å². The zero-order valence-corrected chi connectivity index (χ0v) is 14.8. The van der Waals surface area contributed by atoms with Crippen molar-refractivity contribution < 1.29 is 9.90 Å². The first kappa shape index (κ1) is 22.7. The summed E-state index contributed by atoms with van der Waals surface area (Å²) in [5, 5.41) is 11.1. The van der Waals surface area contributed by atoms with E-state index in [1.807, 2.05) is 0 Å². The normalized spacial score (nSPS) is 11.9. The molecule has 0 spiro atoms. The van der Waals surface area contributed by atoms with Gasteiger partial charge in [-0.3, -0.25) is 0 Å². The summed E-state index contributed by atoms with van der Waals surface area (Å²) in [7, 11) is 0. The van der Waals surface area contributed by atoms with Crippen LogP contribution in [-0.2, 0) is 4.79 Å². The molecule has 0 aliphatic rings. The number of aliphatic carboxylic acids is 1. The highest BCUT2D eigenvalue weighted by Gasteiger charge is 2.09. The molecule has 0 fully saturated rings. The fourth-order valence-corrected chi connectivity index (χ4v) is 2.72. The van der Waals surface area contributed by atoms with Gasteiger partial charge in [0.1, 0.15) is 0 Å². The molecule has 21 heavy (non-hydrogen) atoms. The van der Waals surface area contributed by atoms with Crippen molar-refractivity contribution in [1.29, 1.82) is 0 Å². The van der Waals surface area contributed by atoms with E-state index in [0.29, 0.717) is 0 Å². The Morgan fingerprint density at radius 3 is 1.38 bits per heavy atom. The van der Waals surface area contributed by atoms with E-state index in [1.54, 1.807) is 0 Å². The van der Waals surface area contributed by atoms with Gasteiger partial charge >= 0.3 is 0 Å². The van der Waals surface area contributed by atoms with E-state index in [2.05, 4.69) is 13.8 Å². The van der Waals surface area contributed by atoms with Crippen molar-refractivity contribution in [2.75, 3.05) is 0 Å². The zero-order valence-electron chi connectivity index (χ0n) is 14.8. The minimum Gasteiger partial charge on any atom is -0.550 e. The summed E-state index contributed by atoms with van der Waals surface area (Å²) in [6.07, 6.45) is 16.4. The van der Waals surface area contributed by atoms with Crippen LogP contribution in [0.2, 0.25) is 0 Å². The van der Waals surface area contributed by atoms with Crippen LogP contribution in [0, 0.1) is 5.92 Å². The molecule has 0 aromatic rings. The lowest BCUT2D eigenvalue weighted by Crippen LogP contribution is -2.31. The minimum atomic E-state index is -0.827. The highest BCUT2D eigenvalue weighted by molar-refractivity contribution is 5.67. The Morgan fingerprint density at radius 2 is 1.05 bits per heavy atom. The van der Waals surface area contributed by atoms with Crippen molar-refractivity contribution in [3.05, 3.63) is 0 Å². The summed E-state index contributed by atoms with van der Waals surface area (Å²) in [6, 6.07) is 0. The molecule has 3 nitrogen and oxygen atoms in total. The maximum atomic E-state index is 11.1. The number of carbonyl (C=O) groups excluding carboxylic acids is 1. The summed E-state index contributed by atoms with van der Waals surface area (Å²) in [5.41, 5.74) is 0. The van der Waals surface area contributed by atoms with Crippen LogP contribution >= 0.6 is 0 Å². The molecule has 0 saturated carbocycles. The third kappa shape index (κ3) is 15.6. The topological polar surface area (TPSA) is 76.6 Å². The summed E-state index contributed by atoms with van der Waals surface area (Å²) in [5.74, 6) is -1.03. The predicted octanol–water partition coefficient (Wildman–Crippen LogP) is 5.23. The van der Waals surface area contributed by atoms with E-state index in [9.17, 15) is 9.90 Å². The Bertz CT molecular complexity index is 219. The third-order valence-corrected chi connectivity index (χ3v) is 4.15. The number of carboxylic acid groups (broad SMARTS) is 1. The minimum absolute atomic E-state index is 0. The number of hydrogen-bond donors (Lipinski definition) is 1. The standard InChI is InChI=1S/C18H36O2.H3N/c1-3-5-7-9-10-12-14-16-17(18(19)20)15-13-11-8-6-4-2;/h17H,3-16H2,1-2H3,(H,19,20);1H3. The summed E-state index contributed by atoms with van der Waals surface area (Å²) >= 11 is 0. The first-order valence-electron chi connectivity index (χ1n) is 8.93. The van der Waals surface area contributed by atoms with E-state index in [-0.39, 0.29) is 12.1 Å². The van der Waals surface area contributed by atoms with Crippen LogP contribution in [0.15, 0.2) is 0 Å². The second-order valence-corrected chi connectivity index (χ2v) is 6.13. The Hall–Kier alpha value is -0.570. The lowest BCUT2D eigenvalue weighted by atomic mass is 9.94. The van der Waals surface area contributed by atoms with Gasteiger partial charge in [-0.25, -0.2) is 0 Å². The van der Waals surface area contributed by atoms with Crippen LogP contribution in [0.5, 0.6) is 0 Å². The van der Waals surface area contributed by atoms with Gasteiger partial charge in [0.25, 0.3) is 0 Å². The maximum absolute atomic E-state index is 11.1. The van der Waals surface area contributed by atoms with E-state index < -0.39 is 5.97 Å². The van der Waals surface area contributed by atoms with Crippen LogP contribution in [0.4, 0.5) is 0 Å². The van der Waals surface area contributed by atoms with Crippen LogP contribution in [0.25, 0.3) is 0 Å². The smallest absolute Gasteiger partial charge is 0.0445 e. The van der Waals surface area contributed by atoms with Crippen molar-refractivity contribution in [2.24, 2.45) is 5.92 Å². The SMILES string of the molecule is CCCCCCCCCC(CCCCCCC)C(=O)[O-].[NH4+]. The van der Waals surface area contributed by atoms with Crippen LogP contribution in [0.3, 0.4) is 0 Å². The third-order valence-electron chi connectivity index (χ3n) is 4.15. The molecule has 0 aliphatic heterocycles. The van der Waals surface area contributed by atoms with Crippen molar-refractivity contribution in [2.45, 2.75) is 104 Å². The fraction of sp³-hybridized carbons (Fsp3) is 0.944. The first-order valence-corrected chi connectivity index (χ1v) is 8.93. The highest BCUT2D eigenvalue weighted by atomic mass is 16.4. The molecule has 0 rings (SSSR count). The average molecular weight is 302 g/mol. The molecule has 0 aliphatic carbocycles. The quantitative estimate of drug-likeness (QED) is 0.420. The van der Waals surface area contributed by atoms with Crippen molar-refractivity contribution >= 4 is 5.97 Å². The Balaban J connectivity index is 0. The number of unbranched alkanes of at least 4 members (excludes halogenated alkanes) is 10. The lowest BCUT2D eigenvalue weighted by Gasteiger charge is -2.17. The van der Waals surface area contributed by atoms with E-state index in [1.165, 1.54) is 64.2 Å². The van der Waals surface area contributed by atoms with E-state index in [0.717, 1.165) is 25.7 Å². The van der Waals surface area contributed by atoms with Gasteiger partial charge in [-0.05, 0) is 18.8 Å². The molecule has 0 bridgehead atoms. The number of rotatable bonds is 15. The second-order valence-electron chi connectivity index (χ2n) is 6.13. The van der Waals surface area contributed by atoms with Gasteiger partial charge in [-0.2, -0.15) is 0 Å². The molecule has 0 saturated heterocycles. The van der Waals surface area contributed by atoms with Crippen molar-refractivity contribution in [3.63, 3.8) is 0 Å². The first-order chi connectivity index (χ1) is 9.72. The Labute approximate surface area is 132 Å². The van der Waals surface area contributed by atoms with Crippen LogP contribution in [-0.4, -0.2) is 5.97 Å². The van der Waals surface area contributed by atoms with Crippen molar-refractivity contribution in [3.8, 4) is 0 Å². The van der Waals surface area contributed by atoms with Gasteiger partial charge in [-0.15, -0.1) is 0 Å². The number of quaternary nitrogens is 1. The Kier molecular flexibility index (Phi) is 18.9. The van der Waals surface area contributed by atoms with Gasteiger partial charge in [0.05, 0.1) is 0 Å². The monoisotopic (exact) mass is 301 g/mol. The fourth-order valence-electron chi connectivity index (χ4n) is 2.72. The molecule has 1 atom stereocenters. The summed E-state index contributed by atoms with van der Waals surface area (Å²) < 4.78 is 0. The average Bonchev–Trinajstić information content (AvgIpc) is 2.43. The van der Waals surface area contributed by atoms with Crippen LogP contribution in [0.1, 0.15) is 104 Å². The van der Waals surface area contributed by atoms with E-state index >= 15 is 0 Å². The zero-order chi connectivity index (χ0) is 15.1. The molecule has 0 radical (unpaired) electrons. The van der Waals surface area contributed by atoms with Gasteiger partial charge in [0.15, 0.2) is 0 Å². The molecule has 0 aromatic heterocycles. The maximum Gasteiger partial charge on any atom is 0.0445 e. The molecule has 0 heterocycles. The molecule has 1 unspecified atom stereocenters. The van der Waals surface area contributed by atoms with Crippen LogP contribution < -0.4 is 11.3 Å². The number of carboxylic acids is 1. The molecule has 0 amide bonds. The molecular formula is C18H39NO2. The summed E-state index contributed by atoms with van der Waals surface area (Å²) in [6.45, 7) is 4.43. The molecule has 4 N–H and O–H groups in total. The molecular weight excluding hydrogens is 262 g/mol. The van der Waals surface area contributed by atoms with Gasteiger partial charge < -0.3 is 16.1 Å². The highest BCUT2D eigenvalue weighted by Crippen LogP contribution is 2.18. The lowest BCUT2D eigenvalue weighted by molar-refractivity contribution is -0.312. The molecule has 0 aromatic carbocycles. The Morgan fingerprint density at radius 1 is 0.714 bits per heavy atom. The van der Waals surface area contributed by atoms with Gasteiger partial charge in [0.2, 0.25) is 0 Å². The largest absolute Gasteiger partial charge is 0.550 e. The predicted molar refractivity (Wildman–Crippen MR) is 90.5 cm³/mol.